The highest BCUT2D eigenvalue weighted by Gasteiger charge is 2.31. The molecule has 3 rings (SSSR count). The summed E-state index contributed by atoms with van der Waals surface area (Å²) in [5, 5.41) is 3.75. The van der Waals surface area contributed by atoms with Crippen molar-refractivity contribution in [1.82, 2.24) is 4.90 Å². The van der Waals surface area contributed by atoms with Crippen LogP contribution in [0.5, 0.6) is 0 Å². The maximum Gasteiger partial charge on any atom is 0.322 e. The fraction of sp³-hybridized carbons (Fsp3) is 0.316. The Morgan fingerprint density at radius 2 is 1.87 bits per heavy atom. The molecule has 120 valence electrons. The lowest BCUT2D eigenvalue weighted by atomic mass is 10.0. The fourth-order valence-electron chi connectivity index (χ4n) is 3.32. The molecule has 1 unspecified atom stereocenters. The zero-order valence-electron chi connectivity index (χ0n) is 13.5. The number of carbonyl (C=O) groups is 1. The predicted octanol–water partition coefficient (Wildman–Crippen LogP) is 5.33. The molecule has 1 aliphatic rings. The molecule has 1 atom stereocenters. The summed E-state index contributed by atoms with van der Waals surface area (Å²) in [6.07, 6.45) is 1.94. The summed E-state index contributed by atoms with van der Waals surface area (Å²) in [7, 11) is 0. The van der Waals surface area contributed by atoms with Crippen LogP contribution in [-0.4, -0.2) is 17.5 Å². The highest BCUT2D eigenvalue weighted by Crippen LogP contribution is 2.36. The number of rotatable bonds is 2. The third-order valence-electron chi connectivity index (χ3n) is 4.25. The Kier molecular flexibility index (Phi) is 4.58. The van der Waals surface area contributed by atoms with Crippen LogP contribution in [0.1, 0.15) is 35.6 Å². The van der Waals surface area contributed by atoms with Crippen LogP contribution in [0, 0.1) is 13.8 Å². The Morgan fingerprint density at radius 1 is 1.17 bits per heavy atom. The Balaban J connectivity index is 1.80. The average Bonchev–Trinajstić information content (AvgIpc) is 2.96. The summed E-state index contributed by atoms with van der Waals surface area (Å²) in [6.45, 7) is 4.82. The second-order valence-electron chi connectivity index (χ2n) is 6.18. The van der Waals surface area contributed by atoms with Crippen molar-refractivity contribution in [3.05, 3.63) is 64.2 Å². The van der Waals surface area contributed by atoms with Crippen molar-refractivity contribution >= 4 is 23.3 Å². The number of benzene rings is 2. The molecule has 1 aliphatic heterocycles. The maximum absolute atomic E-state index is 12.7. The number of hydrogen-bond donors (Lipinski definition) is 1. The molecule has 1 saturated heterocycles. The van der Waals surface area contributed by atoms with Crippen LogP contribution in [0.25, 0.3) is 0 Å². The molecule has 0 spiro atoms. The van der Waals surface area contributed by atoms with E-state index in [1.165, 1.54) is 0 Å². The molecule has 23 heavy (non-hydrogen) atoms. The molecular weight excluding hydrogens is 308 g/mol. The minimum absolute atomic E-state index is 0.0506. The number of nitrogens with zero attached hydrogens (tertiary/aromatic N) is 1. The number of carbonyl (C=O) groups excluding carboxylic acids is 1. The van der Waals surface area contributed by atoms with E-state index in [0.29, 0.717) is 0 Å². The summed E-state index contributed by atoms with van der Waals surface area (Å²) >= 11 is 6.32. The van der Waals surface area contributed by atoms with Gasteiger partial charge in [-0.3, -0.25) is 0 Å². The van der Waals surface area contributed by atoms with Gasteiger partial charge in [0.1, 0.15) is 0 Å². The summed E-state index contributed by atoms with van der Waals surface area (Å²) in [6, 6.07) is 13.9. The van der Waals surface area contributed by atoms with Gasteiger partial charge in [0.2, 0.25) is 0 Å². The van der Waals surface area contributed by atoms with Crippen molar-refractivity contribution in [2.24, 2.45) is 0 Å². The number of aryl methyl sites for hydroxylation is 2. The molecular formula is C19H21ClN2O. The van der Waals surface area contributed by atoms with E-state index in [0.717, 1.165) is 46.8 Å². The topological polar surface area (TPSA) is 32.3 Å². The number of nitrogens with one attached hydrogen (secondary N) is 1. The Labute approximate surface area is 142 Å². The SMILES string of the molecule is Cc1cc(C)cc(NC(=O)N2CCCC2c2ccccc2Cl)c1. The van der Waals surface area contributed by atoms with Crippen molar-refractivity contribution < 1.29 is 4.79 Å². The number of urea groups is 1. The third kappa shape index (κ3) is 3.50. The van der Waals surface area contributed by atoms with Crippen LogP contribution in [0.15, 0.2) is 42.5 Å². The molecule has 4 heteroatoms. The maximum atomic E-state index is 12.7. The number of amides is 2. The summed E-state index contributed by atoms with van der Waals surface area (Å²) in [5.41, 5.74) is 4.16. The molecule has 0 radical (unpaired) electrons. The van der Waals surface area contributed by atoms with E-state index in [4.69, 9.17) is 11.6 Å². The van der Waals surface area contributed by atoms with E-state index in [1.807, 2.05) is 55.1 Å². The minimum Gasteiger partial charge on any atom is -0.317 e. The lowest BCUT2D eigenvalue weighted by Gasteiger charge is -2.26. The van der Waals surface area contributed by atoms with Gasteiger partial charge < -0.3 is 10.2 Å². The van der Waals surface area contributed by atoms with Gasteiger partial charge in [-0.1, -0.05) is 35.9 Å². The zero-order valence-corrected chi connectivity index (χ0v) is 14.2. The van der Waals surface area contributed by atoms with Gasteiger partial charge >= 0.3 is 6.03 Å². The summed E-state index contributed by atoms with van der Waals surface area (Å²) < 4.78 is 0. The van der Waals surface area contributed by atoms with E-state index in [1.54, 1.807) is 0 Å². The average molecular weight is 329 g/mol. The largest absolute Gasteiger partial charge is 0.322 e. The van der Waals surface area contributed by atoms with Crippen LogP contribution in [0.2, 0.25) is 5.02 Å². The standard InChI is InChI=1S/C19H21ClN2O/c1-13-10-14(2)12-15(11-13)21-19(23)22-9-5-8-18(22)16-6-3-4-7-17(16)20/h3-4,6-7,10-12,18H,5,8-9H2,1-2H3,(H,21,23). The first-order chi connectivity index (χ1) is 11.0. The van der Waals surface area contributed by atoms with Gasteiger partial charge in [-0.05, 0) is 61.6 Å². The third-order valence-corrected chi connectivity index (χ3v) is 4.60. The van der Waals surface area contributed by atoms with Crippen molar-refractivity contribution in [2.75, 3.05) is 11.9 Å². The van der Waals surface area contributed by atoms with E-state index in [-0.39, 0.29) is 12.1 Å². The molecule has 0 aliphatic carbocycles. The second-order valence-corrected chi connectivity index (χ2v) is 6.59. The van der Waals surface area contributed by atoms with Crippen molar-refractivity contribution in [1.29, 1.82) is 0 Å². The summed E-state index contributed by atoms with van der Waals surface area (Å²) in [4.78, 5) is 14.6. The van der Waals surface area contributed by atoms with Gasteiger partial charge in [-0.25, -0.2) is 4.79 Å². The number of halogens is 1. The highest BCUT2D eigenvalue weighted by molar-refractivity contribution is 6.31. The first-order valence-electron chi connectivity index (χ1n) is 7.95. The molecule has 3 nitrogen and oxygen atoms in total. The first-order valence-corrected chi connectivity index (χ1v) is 8.33. The van der Waals surface area contributed by atoms with E-state index >= 15 is 0 Å². The second kappa shape index (κ2) is 6.63. The van der Waals surface area contributed by atoms with Gasteiger partial charge in [0, 0.05) is 17.3 Å². The monoisotopic (exact) mass is 328 g/mol. The lowest BCUT2D eigenvalue weighted by Crippen LogP contribution is -2.34. The fourth-order valence-corrected chi connectivity index (χ4v) is 3.58. The first kappa shape index (κ1) is 15.9. The van der Waals surface area contributed by atoms with E-state index in [9.17, 15) is 4.79 Å². The lowest BCUT2D eigenvalue weighted by molar-refractivity contribution is 0.207. The van der Waals surface area contributed by atoms with Gasteiger partial charge in [-0.15, -0.1) is 0 Å². The molecule has 1 heterocycles. The van der Waals surface area contributed by atoms with E-state index in [2.05, 4.69) is 11.4 Å². The molecule has 2 amide bonds. The summed E-state index contributed by atoms with van der Waals surface area (Å²) in [5.74, 6) is 0. The Bertz CT molecular complexity index is 709. The number of likely N-dealkylation sites (tertiary alicyclic amines) is 1. The van der Waals surface area contributed by atoms with Crippen LogP contribution in [0.4, 0.5) is 10.5 Å². The molecule has 2 aromatic carbocycles. The number of hydrogen-bond acceptors (Lipinski definition) is 1. The van der Waals surface area contributed by atoms with Gasteiger partial charge in [0.15, 0.2) is 0 Å². The van der Waals surface area contributed by atoms with Crippen LogP contribution in [0.3, 0.4) is 0 Å². The van der Waals surface area contributed by atoms with Crippen molar-refractivity contribution in [3.8, 4) is 0 Å². The molecule has 1 fully saturated rings. The quantitative estimate of drug-likeness (QED) is 0.794. The van der Waals surface area contributed by atoms with E-state index < -0.39 is 0 Å². The zero-order chi connectivity index (χ0) is 16.4. The van der Waals surface area contributed by atoms with Crippen LogP contribution < -0.4 is 5.32 Å². The number of anilines is 1. The van der Waals surface area contributed by atoms with Gasteiger partial charge in [0.25, 0.3) is 0 Å². The highest BCUT2D eigenvalue weighted by atomic mass is 35.5. The van der Waals surface area contributed by atoms with Gasteiger partial charge in [-0.2, -0.15) is 0 Å². The molecule has 0 aromatic heterocycles. The minimum atomic E-state index is -0.0579. The van der Waals surface area contributed by atoms with Crippen LogP contribution >= 0.6 is 11.6 Å². The predicted molar refractivity (Wildman–Crippen MR) is 95.1 cm³/mol. The molecule has 0 saturated carbocycles. The smallest absolute Gasteiger partial charge is 0.317 e. The normalized spacial score (nSPS) is 17.3. The van der Waals surface area contributed by atoms with Crippen LogP contribution in [-0.2, 0) is 0 Å². The molecule has 2 aromatic rings. The Hall–Kier alpha value is -2.00. The van der Waals surface area contributed by atoms with Crippen molar-refractivity contribution in [2.45, 2.75) is 32.7 Å². The Morgan fingerprint density at radius 3 is 2.57 bits per heavy atom. The molecule has 1 N–H and O–H groups in total. The van der Waals surface area contributed by atoms with Crippen molar-refractivity contribution in [3.63, 3.8) is 0 Å². The van der Waals surface area contributed by atoms with Gasteiger partial charge in [0.05, 0.1) is 6.04 Å². The molecule has 0 bridgehead atoms.